The van der Waals surface area contributed by atoms with E-state index in [9.17, 15) is 4.79 Å². The number of aryl methyl sites for hydroxylation is 2. The topological polar surface area (TPSA) is 74.5 Å². The highest BCUT2D eigenvalue weighted by atomic mass is 32.1. The minimum Gasteiger partial charge on any atom is -0.356 e. The van der Waals surface area contributed by atoms with Crippen LogP contribution in [-0.4, -0.2) is 60.3 Å². The molecule has 7 nitrogen and oxygen atoms in total. The van der Waals surface area contributed by atoms with E-state index in [2.05, 4.69) is 52.1 Å². The Labute approximate surface area is 171 Å². The number of nitrogens with one attached hydrogen (secondary N) is 2. The first-order valence-corrected chi connectivity index (χ1v) is 10.5. The summed E-state index contributed by atoms with van der Waals surface area (Å²) in [6, 6.07) is 4.19. The number of amides is 1. The molecule has 0 radical (unpaired) electrons. The van der Waals surface area contributed by atoms with Gasteiger partial charge in [-0.05, 0) is 50.1 Å². The van der Waals surface area contributed by atoms with Gasteiger partial charge in [-0.2, -0.15) is 5.10 Å². The van der Waals surface area contributed by atoms with Crippen LogP contribution >= 0.6 is 11.3 Å². The predicted molar refractivity (Wildman–Crippen MR) is 116 cm³/mol. The summed E-state index contributed by atoms with van der Waals surface area (Å²) in [5.74, 6) is 0.673. The normalized spacial score (nSPS) is 11.5. The number of nitrogens with zero attached hydrogens (tertiary/aromatic N) is 4. The minimum atomic E-state index is -0.0130. The molecule has 0 aliphatic rings. The third-order valence-corrected chi connectivity index (χ3v) is 5.61. The van der Waals surface area contributed by atoms with Gasteiger partial charge >= 0.3 is 0 Å². The van der Waals surface area contributed by atoms with E-state index >= 15 is 0 Å². The molecule has 0 bridgehead atoms. The van der Waals surface area contributed by atoms with Crippen LogP contribution in [-0.2, 0) is 24.7 Å². The van der Waals surface area contributed by atoms with Crippen LogP contribution in [0.5, 0.6) is 0 Å². The quantitative estimate of drug-likeness (QED) is 0.380. The van der Waals surface area contributed by atoms with Gasteiger partial charge in [-0.15, -0.1) is 11.3 Å². The maximum absolute atomic E-state index is 11.9. The van der Waals surface area contributed by atoms with Crippen LogP contribution in [0, 0.1) is 13.8 Å². The highest BCUT2D eigenvalue weighted by Crippen LogP contribution is 2.13. The molecule has 0 spiro atoms. The summed E-state index contributed by atoms with van der Waals surface area (Å²) in [7, 11) is 5.47. The fourth-order valence-corrected chi connectivity index (χ4v) is 3.58. The number of carbonyl (C=O) groups excluding carboxylic acids is 1. The van der Waals surface area contributed by atoms with E-state index in [-0.39, 0.29) is 12.5 Å². The van der Waals surface area contributed by atoms with Crippen LogP contribution in [0.2, 0.25) is 0 Å². The van der Waals surface area contributed by atoms with Gasteiger partial charge in [-0.3, -0.25) is 9.48 Å². The zero-order valence-corrected chi connectivity index (χ0v) is 18.4. The highest BCUT2D eigenvalue weighted by Gasteiger charge is 2.09. The van der Waals surface area contributed by atoms with Gasteiger partial charge in [0.1, 0.15) is 6.54 Å². The first-order chi connectivity index (χ1) is 13.4. The second-order valence-corrected chi connectivity index (χ2v) is 8.04. The van der Waals surface area contributed by atoms with Crippen LogP contribution < -0.4 is 10.6 Å². The summed E-state index contributed by atoms with van der Waals surface area (Å²) in [4.78, 5) is 19.2. The summed E-state index contributed by atoms with van der Waals surface area (Å²) in [5.41, 5.74) is 3.63. The molecule has 0 saturated carbocycles. The Balaban J connectivity index is 1.84. The summed E-state index contributed by atoms with van der Waals surface area (Å²) in [6.45, 7) is 5.87. The smallest absolute Gasteiger partial charge is 0.243 e. The van der Waals surface area contributed by atoms with E-state index < -0.39 is 0 Å². The van der Waals surface area contributed by atoms with Crippen molar-refractivity contribution in [2.24, 2.45) is 12.0 Å². The van der Waals surface area contributed by atoms with Gasteiger partial charge in [0.05, 0.1) is 5.69 Å². The number of hydrogen-bond acceptors (Lipinski definition) is 4. The van der Waals surface area contributed by atoms with E-state index in [1.165, 1.54) is 16.1 Å². The molecule has 2 aromatic heterocycles. The molecule has 0 fully saturated rings. The number of hydrogen-bond donors (Lipinski definition) is 2. The predicted octanol–water partition coefficient (Wildman–Crippen LogP) is 1.90. The van der Waals surface area contributed by atoms with Gasteiger partial charge in [0.15, 0.2) is 5.96 Å². The first-order valence-electron chi connectivity index (χ1n) is 9.62. The molecule has 2 aromatic rings. The number of thiophene rings is 1. The van der Waals surface area contributed by atoms with E-state index in [4.69, 9.17) is 0 Å². The number of carbonyl (C=O) groups is 1. The van der Waals surface area contributed by atoms with E-state index in [1.807, 2.05) is 11.7 Å². The van der Waals surface area contributed by atoms with Crippen molar-refractivity contribution in [2.75, 3.05) is 33.7 Å². The molecule has 0 aliphatic heterocycles. The summed E-state index contributed by atoms with van der Waals surface area (Å²) < 4.78 is 1.93. The van der Waals surface area contributed by atoms with Crippen molar-refractivity contribution in [1.29, 1.82) is 0 Å². The maximum Gasteiger partial charge on any atom is 0.243 e. The lowest BCUT2D eigenvalue weighted by Crippen LogP contribution is -2.40. The van der Waals surface area contributed by atoms with Gasteiger partial charge in [0, 0.05) is 44.8 Å². The minimum absolute atomic E-state index is 0.0130. The van der Waals surface area contributed by atoms with Crippen LogP contribution in [0.25, 0.3) is 0 Å². The zero-order chi connectivity index (χ0) is 20.5. The van der Waals surface area contributed by atoms with Crippen molar-refractivity contribution in [1.82, 2.24) is 25.3 Å². The molecule has 0 atom stereocenters. The summed E-state index contributed by atoms with van der Waals surface area (Å²) in [6.07, 6.45) is 2.88. The van der Waals surface area contributed by atoms with Gasteiger partial charge in [-0.1, -0.05) is 6.07 Å². The molecule has 1 amide bonds. The SMILES string of the molecule is Cc1nn(C)c(C)c1CCCNC(=NCC(=O)N(C)C)NCCc1cccs1. The van der Waals surface area contributed by atoms with Crippen LogP contribution in [0.3, 0.4) is 0 Å². The third-order valence-electron chi connectivity index (χ3n) is 4.67. The molecule has 8 heteroatoms. The Morgan fingerprint density at radius 1 is 1.25 bits per heavy atom. The van der Waals surface area contributed by atoms with Gasteiger partial charge < -0.3 is 15.5 Å². The van der Waals surface area contributed by atoms with E-state index in [0.29, 0.717) is 5.96 Å². The van der Waals surface area contributed by atoms with Crippen LogP contribution in [0.15, 0.2) is 22.5 Å². The van der Waals surface area contributed by atoms with E-state index in [1.54, 1.807) is 30.3 Å². The fraction of sp³-hybridized carbons (Fsp3) is 0.550. The molecule has 0 saturated heterocycles. The number of likely N-dealkylation sites (N-methyl/N-ethyl adjacent to an activating group) is 1. The summed E-state index contributed by atoms with van der Waals surface area (Å²) in [5, 5.41) is 13.2. The lowest BCUT2D eigenvalue weighted by molar-refractivity contribution is -0.127. The van der Waals surface area contributed by atoms with Crippen molar-refractivity contribution >= 4 is 23.2 Å². The fourth-order valence-electron chi connectivity index (χ4n) is 2.87. The molecular formula is C20H32N6OS. The van der Waals surface area contributed by atoms with Crippen LogP contribution in [0.4, 0.5) is 0 Å². The maximum atomic E-state index is 11.9. The molecule has 2 heterocycles. The molecule has 0 aliphatic carbocycles. The first kappa shape index (κ1) is 21.9. The molecule has 0 unspecified atom stereocenters. The van der Waals surface area contributed by atoms with Gasteiger partial charge in [0.2, 0.25) is 5.91 Å². The van der Waals surface area contributed by atoms with Crippen LogP contribution in [0.1, 0.15) is 28.2 Å². The largest absolute Gasteiger partial charge is 0.356 e. The lowest BCUT2D eigenvalue weighted by Gasteiger charge is -2.13. The molecule has 2 rings (SSSR count). The van der Waals surface area contributed by atoms with Gasteiger partial charge in [0.25, 0.3) is 0 Å². The van der Waals surface area contributed by atoms with Crippen molar-refractivity contribution < 1.29 is 4.79 Å². The monoisotopic (exact) mass is 404 g/mol. The zero-order valence-electron chi connectivity index (χ0n) is 17.6. The standard InChI is InChI=1S/C20H32N6OS/c1-15-18(16(2)26(5)24-15)9-6-11-21-20(23-14-19(27)25(3)4)22-12-10-17-8-7-13-28-17/h7-8,13H,6,9-12,14H2,1-5H3,(H2,21,22,23). The van der Waals surface area contributed by atoms with Crippen molar-refractivity contribution in [3.05, 3.63) is 39.3 Å². The second-order valence-electron chi connectivity index (χ2n) is 7.01. The Bertz CT molecular complexity index is 779. The van der Waals surface area contributed by atoms with Crippen molar-refractivity contribution in [3.63, 3.8) is 0 Å². The van der Waals surface area contributed by atoms with Crippen molar-refractivity contribution in [2.45, 2.75) is 33.1 Å². The Hall–Kier alpha value is -2.35. The average Bonchev–Trinajstić information content (AvgIpc) is 3.25. The van der Waals surface area contributed by atoms with E-state index in [0.717, 1.165) is 38.0 Å². The Morgan fingerprint density at radius 2 is 2.00 bits per heavy atom. The molecule has 28 heavy (non-hydrogen) atoms. The Morgan fingerprint density at radius 3 is 2.61 bits per heavy atom. The number of guanidine groups is 1. The second kappa shape index (κ2) is 10.8. The number of rotatable bonds is 9. The molecule has 154 valence electrons. The molecular weight excluding hydrogens is 372 g/mol. The summed E-state index contributed by atoms with van der Waals surface area (Å²) >= 11 is 1.75. The number of aliphatic imine (C=N–C) groups is 1. The average molecular weight is 405 g/mol. The molecule has 0 aromatic carbocycles. The lowest BCUT2D eigenvalue weighted by atomic mass is 10.1. The highest BCUT2D eigenvalue weighted by molar-refractivity contribution is 7.09. The van der Waals surface area contributed by atoms with Gasteiger partial charge in [-0.25, -0.2) is 4.99 Å². The number of aromatic nitrogens is 2. The van der Waals surface area contributed by atoms with Crippen molar-refractivity contribution in [3.8, 4) is 0 Å². The third kappa shape index (κ3) is 6.67. The Kier molecular flexibility index (Phi) is 8.50. The molecule has 2 N–H and O–H groups in total.